The molecule has 3 aromatic carbocycles. The van der Waals surface area contributed by atoms with E-state index >= 15 is 0 Å². The summed E-state index contributed by atoms with van der Waals surface area (Å²) < 4.78 is 11.8. The minimum atomic E-state index is -1.19. The number of hydrogen-bond donors (Lipinski definition) is 1. The van der Waals surface area contributed by atoms with E-state index < -0.39 is 17.2 Å². The predicted octanol–water partition coefficient (Wildman–Crippen LogP) is 5.77. The molecule has 0 aliphatic heterocycles. The highest BCUT2D eigenvalue weighted by Crippen LogP contribution is 2.26. The molecule has 6 heteroatoms. The zero-order chi connectivity index (χ0) is 25.1. The van der Waals surface area contributed by atoms with Gasteiger partial charge in [0.1, 0.15) is 11.5 Å². The fourth-order valence-corrected chi connectivity index (χ4v) is 3.42. The van der Waals surface area contributed by atoms with Crippen molar-refractivity contribution in [3.63, 3.8) is 0 Å². The van der Waals surface area contributed by atoms with Crippen molar-refractivity contribution in [3.05, 3.63) is 95.1 Å². The molecule has 0 saturated heterocycles. The normalized spacial score (nSPS) is 11.6. The van der Waals surface area contributed by atoms with E-state index in [0.29, 0.717) is 22.6 Å². The Kier molecular flexibility index (Phi) is 6.91. The van der Waals surface area contributed by atoms with E-state index in [1.165, 1.54) is 24.3 Å². The second kappa shape index (κ2) is 9.51. The van der Waals surface area contributed by atoms with Gasteiger partial charge >= 0.3 is 5.97 Å². The van der Waals surface area contributed by atoms with Crippen molar-refractivity contribution in [2.24, 2.45) is 0 Å². The number of ether oxygens (including phenoxy) is 2. The first-order chi connectivity index (χ1) is 15.9. The van der Waals surface area contributed by atoms with E-state index in [9.17, 15) is 14.4 Å². The first kappa shape index (κ1) is 24.7. The lowest BCUT2D eigenvalue weighted by molar-refractivity contribution is 0.0575. The topological polar surface area (TPSA) is 89.9 Å². The Bertz CT molecular complexity index is 1190. The van der Waals surface area contributed by atoms with Gasteiger partial charge in [-0.3, -0.25) is 9.59 Å². The summed E-state index contributed by atoms with van der Waals surface area (Å²) in [6.45, 7) is 8.67. The monoisotopic (exact) mass is 460 g/mol. The molecule has 0 saturated carbocycles. The first-order valence-corrected chi connectivity index (χ1v) is 10.9. The highest BCUT2D eigenvalue weighted by atomic mass is 16.5. The molecule has 34 heavy (non-hydrogen) atoms. The summed E-state index contributed by atoms with van der Waals surface area (Å²) >= 11 is 0. The number of carboxylic acids is 1. The molecule has 0 unspecified atom stereocenters. The molecule has 3 rings (SSSR count). The molecule has 176 valence electrons. The Morgan fingerprint density at radius 1 is 0.588 bits per heavy atom. The average Bonchev–Trinajstić information content (AvgIpc) is 2.79. The van der Waals surface area contributed by atoms with Gasteiger partial charge in [0, 0.05) is 11.1 Å². The van der Waals surface area contributed by atoms with E-state index in [2.05, 4.69) is 0 Å². The molecule has 0 bridgehead atoms. The van der Waals surface area contributed by atoms with Crippen molar-refractivity contribution >= 4 is 17.5 Å². The molecule has 0 amide bonds. The van der Waals surface area contributed by atoms with Gasteiger partial charge in [0.25, 0.3) is 0 Å². The van der Waals surface area contributed by atoms with Crippen LogP contribution in [0.4, 0.5) is 0 Å². The third-order valence-electron chi connectivity index (χ3n) is 5.37. The van der Waals surface area contributed by atoms with Gasteiger partial charge in [0.15, 0.2) is 11.2 Å². The largest absolute Gasteiger partial charge is 0.480 e. The number of ketones is 2. The fourth-order valence-electron chi connectivity index (χ4n) is 3.42. The number of aromatic carboxylic acids is 1. The summed E-state index contributed by atoms with van der Waals surface area (Å²) in [6.07, 6.45) is 0. The number of carboxylic acid groups (broad SMARTS) is 1. The predicted molar refractivity (Wildman–Crippen MR) is 129 cm³/mol. The van der Waals surface area contributed by atoms with Gasteiger partial charge in [-0.05, 0) is 83.1 Å². The number of benzene rings is 3. The van der Waals surface area contributed by atoms with Crippen LogP contribution in [-0.4, -0.2) is 33.8 Å². The van der Waals surface area contributed by atoms with E-state index in [1.54, 1.807) is 64.1 Å². The molecular formula is C28H28O6. The van der Waals surface area contributed by atoms with Crippen LogP contribution in [0.25, 0.3) is 0 Å². The van der Waals surface area contributed by atoms with Crippen molar-refractivity contribution in [1.29, 1.82) is 0 Å². The molecule has 1 N–H and O–H groups in total. The number of aryl methyl sites for hydroxylation is 1. The molecule has 6 nitrogen and oxygen atoms in total. The van der Waals surface area contributed by atoms with Crippen LogP contribution in [0.5, 0.6) is 11.5 Å². The van der Waals surface area contributed by atoms with Crippen LogP contribution in [0.2, 0.25) is 0 Å². The van der Waals surface area contributed by atoms with Crippen LogP contribution in [-0.2, 0) is 0 Å². The van der Waals surface area contributed by atoms with E-state index in [-0.39, 0.29) is 17.1 Å². The standard InChI is InChI=1S/C28H28O6/c1-18-6-8-19(9-7-18)24(29)27(2,3)33-22-14-10-20(11-15-22)25(30)28(4,5)34-23-16-12-21(13-17-23)26(31)32/h6-17H,1-5H3,(H,31,32). The third kappa shape index (κ3) is 5.70. The smallest absolute Gasteiger partial charge is 0.335 e. The molecule has 0 radical (unpaired) electrons. The minimum absolute atomic E-state index is 0.135. The van der Waals surface area contributed by atoms with Gasteiger partial charge in [0.05, 0.1) is 5.56 Å². The molecular weight excluding hydrogens is 432 g/mol. The lowest BCUT2D eigenvalue weighted by Gasteiger charge is -2.26. The number of carbonyl (C=O) groups is 3. The Labute approximate surface area is 199 Å². The molecule has 0 heterocycles. The Balaban J connectivity index is 1.69. The number of carbonyl (C=O) groups excluding carboxylic acids is 2. The number of hydrogen-bond acceptors (Lipinski definition) is 5. The van der Waals surface area contributed by atoms with Crippen molar-refractivity contribution in [2.75, 3.05) is 0 Å². The van der Waals surface area contributed by atoms with Gasteiger partial charge in [-0.2, -0.15) is 0 Å². The second-order valence-corrected chi connectivity index (χ2v) is 9.10. The highest BCUT2D eigenvalue weighted by molar-refractivity contribution is 6.03. The lowest BCUT2D eigenvalue weighted by Crippen LogP contribution is -2.39. The minimum Gasteiger partial charge on any atom is -0.480 e. The maximum absolute atomic E-state index is 13.0. The van der Waals surface area contributed by atoms with Crippen molar-refractivity contribution < 1.29 is 29.0 Å². The van der Waals surface area contributed by atoms with Crippen LogP contribution >= 0.6 is 0 Å². The zero-order valence-corrected chi connectivity index (χ0v) is 19.9. The summed E-state index contributed by atoms with van der Waals surface area (Å²) in [5, 5.41) is 9.01. The fraction of sp³-hybridized carbons (Fsp3) is 0.250. The van der Waals surface area contributed by atoms with Gasteiger partial charge in [0.2, 0.25) is 11.6 Å². The lowest BCUT2D eigenvalue weighted by atomic mass is 9.95. The first-order valence-electron chi connectivity index (χ1n) is 10.9. The summed E-state index contributed by atoms with van der Waals surface area (Å²) in [7, 11) is 0. The summed E-state index contributed by atoms with van der Waals surface area (Å²) in [4.78, 5) is 36.9. The van der Waals surface area contributed by atoms with Crippen molar-refractivity contribution in [3.8, 4) is 11.5 Å². The quantitative estimate of drug-likeness (QED) is 0.408. The van der Waals surface area contributed by atoms with Crippen LogP contribution < -0.4 is 9.47 Å². The Morgan fingerprint density at radius 2 is 0.912 bits per heavy atom. The second-order valence-electron chi connectivity index (χ2n) is 9.10. The summed E-state index contributed by atoms with van der Waals surface area (Å²) in [6, 6.07) is 19.8. The summed E-state index contributed by atoms with van der Waals surface area (Å²) in [5.74, 6) is -0.579. The van der Waals surface area contributed by atoms with Gasteiger partial charge in [-0.15, -0.1) is 0 Å². The molecule has 0 aliphatic carbocycles. The Morgan fingerprint density at radius 3 is 1.26 bits per heavy atom. The molecule has 0 fully saturated rings. The summed E-state index contributed by atoms with van der Waals surface area (Å²) in [5.41, 5.74) is -0.0885. The number of Topliss-reactive ketones (excluding diaryl/α,β-unsaturated/α-hetero) is 2. The van der Waals surface area contributed by atoms with Gasteiger partial charge in [-0.1, -0.05) is 29.8 Å². The van der Waals surface area contributed by atoms with Crippen LogP contribution in [0.1, 0.15) is 64.3 Å². The molecule has 0 aromatic heterocycles. The average molecular weight is 461 g/mol. The molecule has 3 aromatic rings. The van der Waals surface area contributed by atoms with Gasteiger partial charge < -0.3 is 14.6 Å². The Hall–Kier alpha value is -3.93. The van der Waals surface area contributed by atoms with Crippen molar-refractivity contribution in [2.45, 2.75) is 45.8 Å². The van der Waals surface area contributed by atoms with E-state index in [4.69, 9.17) is 14.6 Å². The van der Waals surface area contributed by atoms with Crippen LogP contribution in [0, 0.1) is 6.92 Å². The maximum Gasteiger partial charge on any atom is 0.335 e. The third-order valence-corrected chi connectivity index (χ3v) is 5.37. The SMILES string of the molecule is Cc1ccc(C(=O)C(C)(C)Oc2ccc(C(=O)C(C)(C)Oc3ccc(C(=O)O)cc3)cc2)cc1. The van der Waals surface area contributed by atoms with E-state index in [1.807, 2.05) is 19.1 Å². The zero-order valence-electron chi connectivity index (χ0n) is 19.9. The van der Waals surface area contributed by atoms with Crippen molar-refractivity contribution in [1.82, 2.24) is 0 Å². The highest BCUT2D eigenvalue weighted by Gasteiger charge is 2.33. The maximum atomic E-state index is 13.0. The van der Waals surface area contributed by atoms with E-state index in [0.717, 1.165) is 5.56 Å². The number of rotatable bonds is 9. The molecule has 0 aliphatic rings. The molecule has 0 spiro atoms. The van der Waals surface area contributed by atoms with Crippen LogP contribution in [0.15, 0.2) is 72.8 Å². The van der Waals surface area contributed by atoms with Crippen LogP contribution in [0.3, 0.4) is 0 Å². The van der Waals surface area contributed by atoms with Gasteiger partial charge in [-0.25, -0.2) is 4.79 Å². The molecule has 0 atom stereocenters.